The van der Waals surface area contributed by atoms with E-state index in [-0.39, 0.29) is 5.75 Å². The highest BCUT2D eigenvalue weighted by molar-refractivity contribution is 9.11. The molecule has 0 aliphatic heterocycles. The van der Waals surface area contributed by atoms with Gasteiger partial charge >= 0.3 is 0 Å². The summed E-state index contributed by atoms with van der Waals surface area (Å²) in [5.41, 5.74) is 6.72. The standard InChI is InChI=1S/C28H9Br2NO3S5/c29-17-7-15-24(37-17)20-26(35-15)21-19(31(20)9-1-3-10(32)4-2-9)11-5-14-12(6-13(11)33-21)23-22(34-14)27-28(39-23)25-16(36-27)8-18(30)38-25/h1-8,32H. The minimum atomic E-state index is 0.245. The Morgan fingerprint density at radius 1 is 0.590 bits per heavy atom. The van der Waals surface area contributed by atoms with Crippen LogP contribution in [0.15, 0.2) is 64.9 Å². The Bertz CT molecular complexity index is 2650. The summed E-state index contributed by atoms with van der Waals surface area (Å²) in [6, 6.07) is 16.0. The van der Waals surface area contributed by atoms with Crippen LogP contribution in [-0.2, 0) is 0 Å². The van der Waals surface area contributed by atoms with Gasteiger partial charge in [0.2, 0.25) is 0 Å². The molecule has 10 rings (SSSR count). The number of nitrogens with zero attached hydrogens (tertiary/aromatic N) is 1. The van der Waals surface area contributed by atoms with E-state index in [1.807, 2.05) is 23.5 Å². The van der Waals surface area contributed by atoms with Crippen molar-refractivity contribution < 1.29 is 13.9 Å². The van der Waals surface area contributed by atoms with Crippen molar-refractivity contribution in [1.29, 1.82) is 0 Å². The highest BCUT2D eigenvalue weighted by Crippen LogP contribution is 2.53. The average Bonchev–Trinajstić information content (AvgIpc) is 3.73. The lowest BCUT2D eigenvalue weighted by molar-refractivity contribution is 0.475. The molecule has 1 N–H and O–H groups in total. The first kappa shape index (κ1) is 22.3. The molecule has 0 bridgehead atoms. The molecule has 2 aromatic carbocycles. The van der Waals surface area contributed by atoms with Gasteiger partial charge in [0.25, 0.3) is 0 Å². The fourth-order valence-electron chi connectivity index (χ4n) is 5.64. The SMILES string of the molecule is Oc1ccc(-n2c3c4cc5oc6c(sc7c8sc(Br)cc8sc67)c5cc4oc3c3sc4cc(Br)sc4c32)cc1. The number of aromatic nitrogens is 1. The molecule has 10 aromatic rings. The molecular formula is C28H9Br2NO3S5. The van der Waals surface area contributed by atoms with E-state index >= 15 is 0 Å². The van der Waals surface area contributed by atoms with Crippen molar-refractivity contribution in [2.24, 2.45) is 0 Å². The van der Waals surface area contributed by atoms with Crippen LogP contribution in [0.5, 0.6) is 5.75 Å². The Balaban J connectivity index is 1.34. The first-order valence-electron chi connectivity index (χ1n) is 11.8. The lowest BCUT2D eigenvalue weighted by atomic mass is 10.2. The van der Waals surface area contributed by atoms with Crippen LogP contribution < -0.4 is 0 Å². The summed E-state index contributed by atoms with van der Waals surface area (Å²) < 4.78 is 27.7. The van der Waals surface area contributed by atoms with Crippen LogP contribution in [0.3, 0.4) is 0 Å². The summed E-state index contributed by atoms with van der Waals surface area (Å²) in [7, 11) is 0. The van der Waals surface area contributed by atoms with E-state index in [4.69, 9.17) is 8.83 Å². The molecule has 0 aliphatic carbocycles. The minimum absolute atomic E-state index is 0.245. The molecule has 4 nitrogen and oxygen atoms in total. The van der Waals surface area contributed by atoms with E-state index in [1.54, 1.807) is 57.5 Å². The average molecular weight is 728 g/mol. The molecule has 11 heteroatoms. The zero-order chi connectivity index (χ0) is 25.7. The van der Waals surface area contributed by atoms with Gasteiger partial charge in [-0.25, -0.2) is 0 Å². The van der Waals surface area contributed by atoms with Gasteiger partial charge in [-0.3, -0.25) is 0 Å². The lowest BCUT2D eigenvalue weighted by Gasteiger charge is -2.07. The Labute approximate surface area is 254 Å². The molecule has 8 aromatic heterocycles. The van der Waals surface area contributed by atoms with Crippen LogP contribution in [0.2, 0.25) is 0 Å². The highest BCUT2D eigenvalue weighted by Gasteiger charge is 2.26. The second kappa shape index (κ2) is 7.47. The predicted octanol–water partition coefficient (Wildman–Crippen LogP) is 12.4. The van der Waals surface area contributed by atoms with Gasteiger partial charge in [0.1, 0.15) is 22.4 Å². The highest BCUT2D eigenvalue weighted by atomic mass is 79.9. The number of hydrogen-bond acceptors (Lipinski definition) is 8. The number of phenolic OH excluding ortho intramolecular Hbond substituents is 1. The largest absolute Gasteiger partial charge is 0.508 e. The van der Waals surface area contributed by atoms with Gasteiger partial charge in [-0.2, -0.15) is 0 Å². The predicted molar refractivity (Wildman–Crippen MR) is 177 cm³/mol. The number of hydrogen-bond donors (Lipinski definition) is 1. The monoisotopic (exact) mass is 725 g/mol. The summed E-state index contributed by atoms with van der Waals surface area (Å²) in [5.74, 6) is 0.245. The number of phenols is 1. The van der Waals surface area contributed by atoms with Gasteiger partial charge in [0, 0.05) is 25.9 Å². The van der Waals surface area contributed by atoms with Gasteiger partial charge in [-0.15, -0.1) is 56.7 Å². The van der Waals surface area contributed by atoms with Crippen LogP contribution in [0.4, 0.5) is 0 Å². The molecule has 0 atom stereocenters. The maximum absolute atomic E-state index is 9.99. The first-order chi connectivity index (χ1) is 19.0. The second-order valence-corrected chi connectivity index (χ2v) is 17.4. The fourth-order valence-corrected chi connectivity index (χ4v) is 13.6. The third-order valence-corrected chi connectivity index (χ3v) is 14.5. The third-order valence-electron chi connectivity index (χ3n) is 7.20. The summed E-state index contributed by atoms with van der Waals surface area (Å²) in [4.78, 5) is 0. The normalized spacial score (nSPS) is 13.0. The number of thiophene rings is 5. The van der Waals surface area contributed by atoms with Gasteiger partial charge in [0.05, 0.1) is 41.3 Å². The van der Waals surface area contributed by atoms with Gasteiger partial charge in [-0.1, -0.05) is 0 Å². The molecule has 0 saturated carbocycles. The molecule has 8 heterocycles. The minimum Gasteiger partial charge on any atom is -0.508 e. The zero-order valence-corrected chi connectivity index (χ0v) is 26.4. The fraction of sp³-hybridized carbons (Fsp3) is 0. The maximum Gasteiger partial charge on any atom is 0.171 e. The molecular weight excluding hydrogens is 718 g/mol. The van der Waals surface area contributed by atoms with E-state index in [9.17, 15) is 5.11 Å². The molecule has 0 radical (unpaired) electrons. The summed E-state index contributed by atoms with van der Waals surface area (Å²) in [5, 5.41) is 12.1. The van der Waals surface area contributed by atoms with Crippen molar-refractivity contribution in [2.75, 3.05) is 0 Å². The summed E-state index contributed by atoms with van der Waals surface area (Å²) in [6.45, 7) is 0. The van der Waals surface area contributed by atoms with E-state index < -0.39 is 0 Å². The number of furan rings is 2. The van der Waals surface area contributed by atoms with Gasteiger partial charge in [0.15, 0.2) is 11.2 Å². The van der Waals surface area contributed by atoms with Crippen LogP contribution >= 0.6 is 88.5 Å². The molecule has 0 aliphatic rings. The van der Waals surface area contributed by atoms with Crippen LogP contribution in [0.25, 0.3) is 87.4 Å². The van der Waals surface area contributed by atoms with Gasteiger partial charge in [-0.05, 0) is 80.4 Å². The van der Waals surface area contributed by atoms with Crippen molar-refractivity contribution in [3.63, 3.8) is 0 Å². The van der Waals surface area contributed by atoms with Crippen molar-refractivity contribution in [1.82, 2.24) is 4.57 Å². The molecule has 0 spiro atoms. The van der Waals surface area contributed by atoms with Crippen LogP contribution in [-0.4, -0.2) is 9.67 Å². The van der Waals surface area contributed by atoms with E-state index in [2.05, 4.69) is 60.7 Å². The Morgan fingerprint density at radius 3 is 2.08 bits per heavy atom. The number of benzene rings is 2. The smallest absolute Gasteiger partial charge is 0.171 e. The van der Waals surface area contributed by atoms with E-state index in [1.165, 1.54) is 32.9 Å². The molecule has 0 unspecified atom stereocenters. The van der Waals surface area contributed by atoms with Crippen LogP contribution in [0.1, 0.15) is 0 Å². The number of fused-ring (bicyclic) bond motifs is 14. The Morgan fingerprint density at radius 2 is 1.26 bits per heavy atom. The third kappa shape index (κ3) is 2.81. The number of rotatable bonds is 1. The molecule has 0 saturated heterocycles. The van der Waals surface area contributed by atoms with Crippen molar-refractivity contribution in [3.8, 4) is 11.4 Å². The van der Waals surface area contributed by atoms with Gasteiger partial charge < -0.3 is 18.5 Å². The Kier molecular flexibility index (Phi) is 4.27. The summed E-state index contributed by atoms with van der Waals surface area (Å²) >= 11 is 16.2. The van der Waals surface area contributed by atoms with Crippen molar-refractivity contribution in [3.05, 3.63) is 56.1 Å². The topological polar surface area (TPSA) is 51.4 Å². The van der Waals surface area contributed by atoms with E-state index in [0.717, 1.165) is 62.1 Å². The van der Waals surface area contributed by atoms with E-state index in [0.29, 0.717) is 0 Å². The number of aromatic hydroxyl groups is 1. The van der Waals surface area contributed by atoms with Crippen LogP contribution in [0, 0.1) is 0 Å². The zero-order valence-electron chi connectivity index (χ0n) is 19.1. The molecule has 0 fully saturated rings. The number of halogens is 2. The molecule has 188 valence electrons. The molecule has 39 heavy (non-hydrogen) atoms. The maximum atomic E-state index is 9.99. The summed E-state index contributed by atoms with van der Waals surface area (Å²) in [6.07, 6.45) is 0. The quantitative estimate of drug-likeness (QED) is 0.183. The van der Waals surface area contributed by atoms with Crippen molar-refractivity contribution in [2.45, 2.75) is 0 Å². The molecule has 0 amide bonds. The van der Waals surface area contributed by atoms with Crippen molar-refractivity contribution >= 4 is 170 Å². The first-order valence-corrected chi connectivity index (χ1v) is 17.4. The lowest BCUT2D eigenvalue weighted by Crippen LogP contribution is -1.92. The second-order valence-electron chi connectivity index (χ2n) is 9.37. The Hall–Kier alpha value is -2.38.